The highest BCUT2D eigenvalue weighted by molar-refractivity contribution is 5.92. The van der Waals surface area contributed by atoms with Crippen LogP contribution >= 0.6 is 0 Å². The molecule has 2 aromatic heterocycles. The minimum absolute atomic E-state index is 0.0134. The average Bonchev–Trinajstić information content (AvgIpc) is 3.04. The number of nitrogens with zero attached hydrogens (tertiary/aromatic N) is 5. The third kappa shape index (κ3) is 3.21. The van der Waals surface area contributed by atoms with Gasteiger partial charge >= 0.3 is 0 Å². The van der Waals surface area contributed by atoms with E-state index in [0.29, 0.717) is 24.7 Å². The van der Waals surface area contributed by atoms with E-state index in [2.05, 4.69) is 15.1 Å². The molecular weight excluding hydrogens is 318 g/mol. The topological polar surface area (TPSA) is 72.6 Å². The lowest BCUT2D eigenvalue weighted by Gasteiger charge is -2.38. The van der Waals surface area contributed by atoms with Crippen molar-refractivity contribution in [3.05, 3.63) is 60.1 Å². The second kappa shape index (κ2) is 6.35. The number of hydrogen-bond donors (Lipinski definition) is 0. The van der Waals surface area contributed by atoms with Gasteiger partial charge < -0.3 is 9.64 Å². The number of likely N-dealkylation sites (tertiary alicyclic amines) is 1. The van der Waals surface area contributed by atoms with Crippen LogP contribution in [0.3, 0.4) is 0 Å². The van der Waals surface area contributed by atoms with E-state index in [9.17, 15) is 4.79 Å². The first-order chi connectivity index (χ1) is 12.2. The largest absolute Gasteiger partial charge is 0.470 e. The van der Waals surface area contributed by atoms with Crippen LogP contribution in [0.25, 0.3) is 11.9 Å². The zero-order valence-electron chi connectivity index (χ0n) is 13.7. The van der Waals surface area contributed by atoms with Crippen LogP contribution in [-0.2, 0) is 4.79 Å². The van der Waals surface area contributed by atoms with Crippen LogP contribution in [0, 0.1) is 6.92 Å². The average molecular weight is 335 g/mol. The van der Waals surface area contributed by atoms with Crippen LogP contribution in [0.15, 0.2) is 48.8 Å². The molecule has 0 spiro atoms. The van der Waals surface area contributed by atoms with Crippen molar-refractivity contribution in [3.63, 3.8) is 0 Å². The molecule has 1 aromatic carbocycles. The Morgan fingerprint density at radius 3 is 2.88 bits per heavy atom. The molecule has 1 saturated heterocycles. The Bertz CT molecular complexity index is 929. The number of carbonyl (C=O) groups is 1. The van der Waals surface area contributed by atoms with Gasteiger partial charge in [0.05, 0.1) is 13.1 Å². The SMILES string of the molecule is Cc1cc(OC2CN(C(=O)C=Cc3ccccc3)C2)n2ncnc2n1. The third-order valence-electron chi connectivity index (χ3n) is 4.01. The number of benzene rings is 1. The molecule has 25 heavy (non-hydrogen) atoms. The van der Waals surface area contributed by atoms with Crippen molar-refractivity contribution in [2.75, 3.05) is 13.1 Å². The van der Waals surface area contributed by atoms with Gasteiger partial charge in [-0.3, -0.25) is 4.79 Å². The van der Waals surface area contributed by atoms with Crippen LogP contribution in [-0.4, -0.2) is 49.6 Å². The minimum atomic E-state index is -0.0525. The summed E-state index contributed by atoms with van der Waals surface area (Å²) in [5, 5.41) is 4.11. The molecule has 1 fully saturated rings. The predicted molar refractivity (Wildman–Crippen MR) is 92.0 cm³/mol. The number of carbonyl (C=O) groups excluding carboxylic acids is 1. The Labute approximate surface area is 144 Å². The fourth-order valence-electron chi connectivity index (χ4n) is 2.68. The Hall–Kier alpha value is -3.22. The number of hydrogen-bond acceptors (Lipinski definition) is 5. The number of ether oxygens (including phenoxy) is 1. The molecule has 7 nitrogen and oxygen atoms in total. The summed E-state index contributed by atoms with van der Waals surface area (Å²) >= 11 is 0. The minimum Gasteiger partial charge on any atom is -0.470 e. The molecular formula is C18H17N5O2. The third-order valence-corrected chi connectivity index (χ3v) is 4.01. The number of amides is 1. The van der Waals surface area contributed by atoms with E-state index in [-0.39, 0.29) is 12.0 Å². The standard InChI is InChI=1S/C18H17N5O2/c1-13-9-17(23-18(21-13)19-12-20-23)25-15-10-22(11-15)16(24)8-7-14-5-3-2-4-6-14/h2-9,12,15H,10-11H2,1H3. The molecule has 0 atom stereocenters. The molecule has 0 saturated carbocycles. The molecule has 1 aliphatic rings. The number of aryl methyl sites for hydroxylation is 1. The maximum atomic E-state index is 12.2. The monoisotopic (exact) mass is 335 g/mol. The van der Waals surface area contributed by atoms with Gasteiger partial charge in [-0.2, -0.15) is 14.6 Å². The van der Waals surface area contributed by atoms with Gasteiger partial charge in [0, 0.05) is 17.8 Å². The second-order valence-electron chi connectivity index (χ2n) is 5.93. The van der Waals surface area contributed by atoms with Crippen LogP contribution in [0.2, 0.25) is 0 Å². The van der Waals surface area contributed by atoms with Gasteiger partial charge in [-0.05, 0) is 18.6 Å². The lowest BCUT2D eigenvalue weighted by Crippen LogP contribution is -2.55. The predicted octanol–water partition coefficient (Wildman–Crippen LogP) is 1.74. The van der Waals surface area contributed by atoms with Gasteiger partial charge in [0.1, 0.15) is 12.4 Å². The van der Waals surface area contributed by atoms with Gasteiger partial charge in [0.15, 0.2) is 0 Å². The summed E-state index contributed by atoms with van der Waals surface area (Å²) in [6.45, 7) is 2.98. The highest BCUT2D eigenvalue weighted by atomic mass is 16.5. The Morgan fingerprint density at radius 1 is 1.28 bits per heavy atom. The highest BCUT2D eigenvalue weighted by Crippen LogP contribution is 2.19. The fraction of sp³-hybridized carbons (Fsp3) is 0.222. The molecule has 0 unspecified atom stereocenters. The summed E-state index contributed by atoms with van der Waals surface area (Å²) in [5.74, 6) is 1.09. The van der Waals surface area contributed by atoms with Crippen molar-refractivity contribution >= 4 is 17.8 Å². The Kier molecular flexibility index (Phi) is 3.89. The van der Waals surface area contributed by atoms with E-state index in [4.69, 9.17) is 4.74 Å². The van der Waals surface area contributed by atoms with Crippen molar-refractivity contribution in [2.45, 2.75) is 13.0 Å². The van der Waals surface area contributed by atoms with Crippen molar-refractivity contribution in [3.8, 4) is 5.88 Å². The lowest BCUT2D eigenvalue weighted by molar-refractivity contribution is -0.134. The van der Waals surface area contributed by atoms with Crippen molar-refractivity contribution < 1.29 is 9.53 Å². The normalized spacial score (nSPS) is 14.8. The molecule has 1 aliphatic heterocycles. The van der Waals surface area contributed by atoms with E-state index in [0.717, 1.165) is 11.3 Å². The lowest BCUT2D eigenvalue weighted by atomic mass is 10.1. The van der Waals surface area contributed by atoms with Gasteiger partial charge in [0.2, 0.25) is 11.8 Å². The van der Waals surface area contributed by atoms with Crippen LogP contribution < -0.4 is 4.74 Å². The van der Waals surface area contributed by atoms with E-state index in [1.165, 1.54) is 6.33 Å². The summed E-state index contributed by atoms with van der Waals surface area (Å²) in [6, 6.07) is 11.6. The first-order valence-electron chi connectivity index (χ1n) is 8.05. The zero-order chi connectivity index (χ0) is 17.2. The molecule has 0 radical (unpaired) electrons. The summed E-state index contributed by atoms with van der Waals surface area (Å²) in [4.78, 5) is 22.3. The maximum absolute atomic E-state index is 12.2. The number of aromatic nitrogens is 4. The van der Waals surface area contributed by atoms with E-state index < -0.39 is 0 Å². The molecule has 4 rings (SSSR count). The molecule has 1 amide bonds. The number of rotatable bonds is 4. The van der Waals surface area contributed by atoms with Crippen LogP contribution in [0.5, 0.6) is 5.88 Å². The van der Waals surface area contributed by atoms with Crippen LogP contribution in [0.1, 0.15) is 11.3 Å². The first-order valence-corrected chi connectivity index (χ1v) is 8.05. The maximum Gasteiger partial charge on any atom is 0.255 e. The highest BCUT2D eigenvalue weighted by Gasteiger charge is 2.31. The Morgan fingerprint density at radius 2 is 2.08 bits per heavy atom. The molecule has 3 heterocycles. The van der Waals surface area contributed by atoms with Crippen molar-refractivity contribution in [2.24, 2.45) is 0 Å². The number of fused-ring (bicyclic) bond motifs is 1. The van der Waals surface area contributed by atoms with E-state index in [1.807, 2.05) is 49.4 Å². The van der Waals surface area contributed by atoms with Crippen molar-refractivity contribution in [1.82, 2.24) is 24.5 Å². The molecule has 0 N–H and O–H groups in total. The quantitative estimate of drug-likeness (QED) is 0.679. The van der Waals surface area contributed by atoms with Crippen LogP contribution in [0.4, 0.5) is 0 Å². The van der Waals surface area contributed by atoms with Gasteiger partial charge in [-0.1, -0.05) is 30.3 Å². The first kappa shape index (κ1) is 15.3. The van der Waals surface area contributed by atoms with Gasteiger partial charge in [-0.25, -0.2) is 4.98 Å². The molecule has 0 bridgehead atoms. The fourth-order valence-corrected chi connectivity index (χ4v) is 2.68. The molecule has 3 aromatic rings. The zero-order valence-corrected chi connectivity index (χ0v) is 13.7. The summed E-state index contributed by atoms with van der Waals surface area (Å²) < 4.78 is 7.51. The van der Waals surface area contributed by atoms with Crippen molar-refractivity contribution in [1.29, 1.82) is 0 Å². The second-order valence-corrected chi connectivity index (χ2v) is 5.93. The van der Waals surface area contributed by atoms with E-state index in [1.54, 1.807) is 15.5 Å². The molecule has 7 heteroatoms. The van der Waals surface area contributed by atoms with Gasteiger partial charge in [0.25, 0.3) is 5.78 Å². The summed E-state index contributed by atoms with van der Waals surface area (Å²) in [6.07, 6.45) is 4.81. The van der Waals surface area contributed by atoms with E-state index >= 15 is 0 Å². The molecule has 126 valence electrons. The smallest absolute Gasteiger partial charge is 0.255 e. The Balaban J connectivity index is 1.36. The summed E-state index contributed by atoms with van der Waals surface area (Å²) in [5.41, 5.74) is 1.82. The summed E-state index contributed by atoms with van der Waals surface area (Å²) in [7, 11) is 0. The van der Waals surface area contributed by atoms with Gasteiger partial charge in [-0.15, -0.1) is 0 Å². The molecule has 0 aliphatic carbocycles.